The van der Waals surface area contributed by atoms with Gasteiger partial charge in [0.15, 0.2) is 5.13 Å². The number of benzene rings is 2. The Balaban J connectivity index is 1.27. The highest BCUT2D eigenvalue weighted by molar-refractivity contribution is 7.89. The summed E-state index contributed by atoms with van der Waals surface area (Å²) in [6.45, 7) is 2.46. The molecular weight excluding hydrogens is 487 g/mol. The first-order valence-electron chi connectivity index (χ1n) is 10.7. The van der Waals surface area contributed by atoms with Crippen molar-refractivity contribution < 1.29 is 17.6 Å². The molecule has 0 saturated carbocycles. The molecule has 2 aromatic carbocycles. The van der Waals surface area contributed by atoms with Crippen molar-refractivity contribution in [3.05, 3.63) is 53.3 Å². The molecule has 2 aliphatic heterocycles. The van der Waals surface area contributed by atoms with E-state index in [-0.39, 0.29) is 16.6 Å². The number of rotatable bonds is 4. The molecule has 11 heteroatoms. The highest BCUT2D eigenvalue weighted by Gasteiger charge is 2.41. The number of carbonyl (C=O) groups is 1. The molecule has 0 bridgehead atoms. The minimum atomic E-state index is -3.78. The first-order chi connectivity index (χ1) is 15.8. The summed E-state index contributed by atoms with van der Waals surface area (Å²) < 4.78 is 41.9. The van der Waals surface area contributed by atoms with E-state index in [1.54, 1.807) is 11.0 Å². The van der Waals surface area contributed by atoms with Crippen LogP contribution in [0.1, 0.15) is 12.8 Å². The zero-order valence-electron chi connectivity index (χ0n) is 17.7. The number of hydrogen-bond acceptors (Lipinski definition) is 6. The average molecular weight is 509 g/mol. The molecule has 2 aliphatic rings. The van der Waals surface area contributed by atoms with Gasteiger partial charge in [0.05, 0.1) is 15.1 Å². The molecule has 1 aromatic heterocycles. The van der Waals surface area contributed by atoms with Gasteiger partial charge in [-0.1, -0.05) is 22.9 Å². The molecule has 174 valence electrons. The lowest BCUT2D eigenvalue weighted by atomic mass is 10.2. The Morgan fingerprint density at radius 1 is 1.06 bits per heavy atom. The smallest absolute Gasteiger partial charge is 0.243 e. The predicted molar refractivity (Wildman–Crippen MR) is 127 cm³/mol. The molecule has 1 amide bonds. The maximum Gasteiger partial charge on any atom is 0.243 e. The molecule has 2 saturated heterocycles. The average Bonchev–Trinajstić information content (AvgIpc) is 3.46. The molecule has 5 rings (SSSR count). The maximum atomic E-state index is 13.5. The van der Waals surface area contributed by atoms with Gasteiger partial charge in [-0.2, -0.15) is 4.31 Å². The lowest BCUT2D eigenvalue weighted by molar-refractivity contribution is -0.134. The Bertz CT molecular complexity index is 1290. The second kappa shape index (κ2) is 8.83. The second-order valence-corrected chi connectivity index (χ2v) is 11.5. The van der Waals surface area contributed by atoms with Crippen molar-refractivity contribution >= 4 is 54.2 Å². The highest BCUT2D eigenvalue weighted by atomic mass is 35.5. The van der Waals surface area contributed by atoms with Gasteiger partial charge in [0.2, 0.25) is 15.9 Å². The van der Waals surface area contributed by atoms with Gasteiger partial charge in [0.1, 0.15) is 11.9 Å². The normalized spacial score (nSPS) is 20.0. The van der Waals surface area contributed by atoms with Crippen molar-refractivity contribution in [2.24, 2.45) is 0 Å². The summed E-state index contributed by atoms with van der Waals surface area (Å²) in [6, 6.07) is 9.87. The van der Waals surface area contributed by atoms with Crippen LogP contribution in [0.2, 0.25) is 5.02 Å². The zero-order valence-corrected chi connectivity index (χ0v) is 20.0. The number of nitrogens with zero attached hydrogens (tertiary/aromatic N) is 4. The third kappa shape index (κ3) is 4.32. The Morgan fingerprint density at radius 3 is 2.52 bits per heavy atom. The fourth-order valence-electron chi connectivity index (χ4n) is 4.37. The SMILES string of the molecule is O=C(C1CCCN1S(=O)(=O)c1ccc(Cl)cc1)N1CCN(c2nc3ccc(F)cc3s2)CC1. The molecule has 1 atom stereocenters. The molecule has 3 heterocycles. The Kier molecular flexibility index (Phi) is 6.02. The molecule has 0 spiro atoms. The summed E-state index contributed by atoms with van der Waals surface area (Å²) in [5.74, 6) is -0.446. The van der Waals surface area contributed by atoms with E-state index in [1.165, 1.54) is 52.0 Å². The van der Waals surface area contributed by atoms with E-state index >= 15 is 0 Å². The molecule has 3 aromatic rings. The van der Waals surface area contributed by atoms with E-state index in [4.69, 9.17) is 11.6 Å². The van der Waals surface area contributed by atoms with Crippen molar-refractivity contribution in [3.8, 4) is 0 Å². The van der Waals surface area contributed by atoms with Gasteiger partial charge in [-0.15, -0.1) is 0 Å². The second-order valence-electron chi connectivity index (χ2n) is 8.15. The number of aromatic nitrogens is 1. The van der Waals surface area contributed by atoms with Crippen LogP contribution in [0, 0.1) is 5.82 Å². The minimum Gasteiger partial charge on any atom is -0.345 e. The fraction of sp³-hybridized carbons (Fsp3) is 0.364. The van der Waals surface area contributed by atoms with Crippen molar-refractivity contribution in [1.29, 1.82) is 0 Å². The maximum absolute atomic E-state index is 13.5. The van der Waals surface area contributed by atoms with Crippen LogP contribution in [-0.4, -0.2) is 67.3 Å². The number of fused-ring (bicyclic) bond motifs is 1. The largest absolute Gasteiger partial charge is 0.345 e. The molecule has 0 radical (unpaired) electrons. The van der Waals surface area contributed by atoms with Gasteiger partial charge in [0.25, 0.3) is 0 Å². The third-order valence-corrected chi connectivity index (χ3v) is 9.36. The lowest BCUT2D eigenvalue weighted by Gasteiger charge is -2.37. The molecule has 0 N–H and O–H groups in total. The van der Waals surface area contributed by atoms with Crippen molar-refractivity contribution in [1.82, 2.24) is 14.2 Å². The molecule has 33 heavy (non-hydrogen) atoms. The zero-order chi connectivity index (χ0) is 23.2. The number of amides is 1. The summed E-state index contributed by atoms with van der Waals surface area (Å²) in [6.07, 6.45) is 1.15. The van der Waals surface area contributed by atoms with E-state index in [9.17, 15) is 17.6 Å². The van der Waals surface area contributed by atoms with Gasteiger partial charge in [-0.05, 0) is 55.3 Å². The molecule has 7 nitrogen and oxygen atoms in total. The summed E-state index contributed by atoms with van der Waals surface area (Å²) in [7, 11) is -3.78. The number of sulfonamides is 1. The van der Waals surface area contributed by atoms with Gasteiger partial charge in [-0.3, -0.25) is 4.79 Å². The van der Waals surface area contributed by atoms with Crippen LogP contribution in [0.3, 0.4) is 0 Å². The third-order valence-electron chi connectivity index (χ3n) is 6.11. The Hall–Kier alpha value is -2.27. The van der Waals surface area contributed by atoms with E-state index in [0.29, 0.717) is 50.6 Å². The quantitative estimate of drug-likeness (QED) is 0.538. The first-order valence-corrected chi connectivity index (χ1v) is 13.3. The summed E-state index contributed by atoms with van der Waals surface area (Å²) in [5.41, 5.74) is 0.754. The van der Waals surface area contributed by atoms with E-state index in [0.717, 1.165) is 15.3 Å². The van der Waals surface area contributed by atoms with Crippen LogP contribution in [-0.2, 0) is 14.8 Å². The fourth-order valence-corrected chi connectivity index (χ4v) is 7.19. The highest BCUT2D eigenvalue weighted by Crippen LogP contribution is 2.31. The van der Waals surface area contributed by atoms with Gasteiger partial charge in [0, 0.05) is 37.7 Å². The molecule has 0 aliphatic carbocycles. The van der Waals surface area contributed by atoms with E-state index < -0.39 is 16.1 Å². The summed E-state index contributed by atoms with van der Waals surface area (Å²) in [5, 5.41) is 1.26. The minimum absolute atomic E-state index is 0.142. The van der Waals surface area contributed by atoms with Crippen LogP contribution < -0.4 is 4.90 Å². The number of halogens is 2. The molecule has 2 fully saturated rings. The van der Waals surface area contributed by atoms with Crippen LogP contribution in [0.5, 0.6) is 0 Å². The van der Waals surface area contributed by atoms with Crippen molar-refractivity contribution in [3.63, 3.8) is 0 Å². The number of hydrogen-bond donors (Lipinski definition) is 0. The van der Waals surface area contributed by atoms with E-state index in [1.807, 2.05) is 0 Å². The first kappa shape index (κ1) is 22.5. The molecule has 1 unspecified atom stereocenters. The van der Waals surface area contributed by atoms with Crippen LogP contribution in [0.15, 0.2) is 47.4 Å². The lowest BCUT2D eigenvalue weighted by Crippen LogP contribution is -2.54. The van der Waals surface area contributed by atoms with Crippen LogP contribution >= 0.6 is 22.9 Å². The van der Waals surface area contributed by atoms with Crippen molar-refractivity contribution in [2.45, 2.75) is 23.8 Å². The van der Waals surface area contributed by atoms with Crippen LogP contribution in [0.4, 0.5) is 9.52 Å². The van der Waals surface area contributed by atoms with Gasteiger partial charge >= 0.3 is 0 Å². The number of anilines is 1. The Labute approximate surface area is 200 Å². The van der Waals surface area contributed by atoms with Gasteiger partial charge in [-0.25, -0.2) is 17.8 Å². The monoisotopic (exact) mass is 508 g/mol. The number of carbonyl (C=O) groups excluding carboxylic acids is 1. The summed E-state index contributed by atoms with van der Waals surface area (Å²) >= 11 is 7.32. The number of thiazole rings is 1. The summed E-state index contributed by atoms with van der Waals surface area (Å²) in [4.78, 5) is 21.8. The van der Waals surface area contributed by atoms with Gasteiger partial charge < -0.3 is 9.80 Å². The number of piperazine rings is 1. The van der Waals surface area contributed by atoms with Crippen molar-refractivity contribution in [2.75, 3.05) is 37.6 Å². The van der Waals surface area contributed by atoms with E-state index in [2.05, 4.69) is 9.88 Å². The topological polar surface area (TPSA) is 73.8 Å². The Morgan fingerprint density at radius 2 is 1.79 bits per heavy atom. The molecular formula is C22H22ClFN4O3S2. The predicted octanol–water partition coefficient (Wildman–Crippen LogP) is 3.59. The standard InChI is InChI=1S/C22H22ClFN4O3S2/c23-15-3-6-17(7-4-15)33(30,31)28-9-1-2-19(28)21(29)26-10-12-27(13-11-26)22-25-18-8-5-16(24)14-20(18)32-22/h3-8,14,19H,1-2,9-13H2. The van der Waals surface area contributed by atoms with Crippen LogP contribution in [0.25, 0.3) is 10.2 Å².